The predicted octanol–water partition coefficient (Wildman–Crippen LogP) is 0.561. The average Bonchev–Trinajstić information content (AvgIpc) is 2.31. The molecule has 0 spiro atoms. The summed E-state index contributed by atoms with van der Waals surface area (Å²) in [6.07, 6.45) is 6.95. The Kier molecular flexibility index (Phi) is 2.86. The Labute approximate surface area is 92.4 Å². The van der Waals surface area contributed by atoms with Gasteiger partial charge in [-0.25, -0.2) is 9.97 Å². The number of aromatic nitrogens is 3. The molecule has 0 aliphatic heterocycles. The fourth-order valence-corrected chi connectivity index (χ4v) is 1.44. The minimum absolute atomic E-state index is 0.298. The maximum atomic E-state index is 11.1. The fourth-order valence-electron chi connectivity index (χ4n) is 1.44. The van der Waals surface area contributed by atoms with Crippen molar-refractivity contribution in [2.24, 2.45) is 5.73 Å². The van der Waals surface area contributed by atoms with Crippen LogP contribution in [-0.2, 0) is 6.42 Å². The van der Waals surface area contributed by atoms with E-state index in [1.807, 2.05) is 6.07 Å². The Bertz CT molecular complexity index is 498. The minimum atomic E-state index is -0.521. The second kappa shape index (κ2) is 4.48. The van der Waals surface area contributed by atoms with Crippen LogP contribution in [0.5, 0.6) is 0 Å². The molecule has 16 heavy (non-hydrogen) atoms. The molecule has 2 N–H and O–H groups in total. The van der Waals surface area contributed by atoms with Crippen molar-refractivity contribution in [1.82, 2.24) is 15.0 Å². The molecule has 0 aliphatic rings. The van der Waals surface area contributed by atoms with E-state index in [9.17, 15) is 4.79 Å². The van der Waals surface area contributed by atoms with Gasteiger partial charge < -0.3 is 5.73 Å². The zero-order valence-corrected chi connectivity index (χ0v) is 8.50. The van der Waals surface area contributed by atoms with Gasteiger partial charge in [0, 0.05) is 25.0 Å². The number of pyridine rings is 1. The van der Waals surface area contributed by atoms with E-state index in [2.05, 4.69) is 15.0 Å². The summed E-state index contributed by atoms with van der Waals surface area (Å²) >= 11 is 0. The average molecular weight is 214 g/mol. The standard InChI is InChI=1S/C11H10N4O/c12-11(16)10-9(2-1-3-15-10)4-8-5-13-7-14-6-8/h1-3,5-7H,4H2,(H2,12,16). The zero-order chi connectivity index (χ0) is 11.4. The van der Waals surface area contributed by atoms with Crippen LogP contribution in [0.1, 0.15) is 21.6 Å². The molecule has 2 aromatic heterocycles. The van der Waals surface area contributed by atoms with Crippen molar-refractivity contribution in [3.63, 3.8) is 0 Å². The van der Waals surface area contributed by atoms with Gasteiger partial charge in [0.15, 0.2) is 0 Å². The van der Waals surface area contributed by atoms with Crippen molar-refractivity contribution < 1.29 is 4.79 Å². The minimum Gasteiger partial charge on any atom is -0.364 e. The van der Waals surface area contributed by atoms with Gasteiger partial charge in [0.2, 0.25) is 0 Å². The summed E-state index contributed by atoms with van der Waals surface area (Å²) in [6.45, 7) is 0. The summed E-state index contributed by atoms with van der Waals surface area (Å²) in [5.41, 5.74) is 7.23. The number of carbonyl (C=O) groups excluding carboxylic acids is 1. The molecular formula is C11H10N4O. The summed E-state index contributed by atoms with van der Waals surface area (Å²) < 4.78 is 0. The lowest BCUT2D eigenvalue weighted by atomic mass is 10.1. The number of primary amides is 1. The number of hydrogen-bond acceptors (Lipinski definition) is 4. The summed E-state index contributed by atoms with van der Waals surface area (Å²) in [6, 6.07) is 3.59. The van der Waals surface area contributed by atoms with Crippen LogP contribution in [0.4, 0.5) is 0 Å². The molecule has 0 fully saturated rings. The molecule has 0 bridgehead atoms. The molecule has 0 saturated heterocycles. The maximum absolute atomic E-state index is 11.1. The van der Waals surface area contributed by atoms with Crippen LogP contribution in [0.2, 0.25) is 0 Å². The lowest BCUT2D eigenvalue weighted by Gasteiger charge is -2.04. The molecule has 0 atom stereocenters. The molecule has 0 aliphatic carbocycles. The summed E-state index contributed by atoms with van der Waals surface area (Å²) in [7, 11) is 0. The van der Waals surface area contributed by atoms with Crippen LogP contribution >= 0.6 is 0 Å². The van der Waals surface area contributed by atoms with Crippen LogP contribution in [-0.4, -0.2) is 20.9 Å². The van der Waals surface area contributed by atoms with Gasteiger partial charge in [-0.05, 0) is 17.2 Å². The van der Waals surface area contributed by atoms with E-state index in [1.54, 1.807) is 24.7 Å². The molecule has 2 heterocycles. The molecular weight excluding hydrogens is 204 g/mol. The molecule has 5 nitrogen and oxygen atoms in total. The van der Waals surface area contributed by atoms with Crippen LogP contribution in [0.15, 0.2) is 37.1 Å². The van der Waals surface area contributed by atoms with Crippen molar-refractivity contribution in [2.75, 3.05) is 0 Å². The first kappa shape index (κ1) is 10.2. The van der Waals surface area contributed by atoms with Gasteiger partial charge in [0.25, 0.3) is 5.91 Å². The quantitative estimate of drug-likeness (QED) is 0.809. The van der Waals surface area contributed by atoms with Crippen molar-refractivity contribution in [1.29, 1.82) is 0 Å². The summed E-state index contributed by atoms with van der Waals surface area (Å²) in [4.78, 5) is 22.9. The van der Waals surface area contributed by atoms with E-state index in [-0.39, 0.29) is 0 Å². The Morgan fingerprint density at radius 1 is 1.31 bits per heavy atom. The monoisotopic (exact) mass is 214 g/mol. The SMILES string of the molecule is NC(=O)c1ncccc1Cc1cncnc1. The normalized spacial score (nSPS) is 10.0. The van der Waals surface area contributed by atoms with Gasteiger partial charge in [-0.3, -0.25) is 9.78 Å². The lowest BCUT2D eigenvalue weighted by Crippen LogP contribution is -2.15. The highest BCUT2D eigenvalue weighted by Crippen LogP contribution is 2.10. The molecule has 0 saturated carbocycles. The van der Waals surface area contributed by atoms with Crippen molar-refractivity contribution in [3.8, 4) is 0 Å². The van der Waals surface area contributed by atoms with Gasteiger partial charge >= 0.3 is 0 Å². The van der Waals surface area contributed by atoms with Crippen molar-refractivity contribution >= 4 is 5.91 Å². The highest BCUT2D eigenvalue weighted by atomic mass is 16.1. The maximum Gasteiger partial charge on any atom is 0.267 e. The zero-order valence-electron chi connectivity index (χ0n) is 8.50. The lowest BCUT2D eigenvalue weighted by molar-refractivity contribution is 0.0994. The molecule has 0 unspecified atom stereocenters. The van der Waals surface area contributed by atoms with E-state index in [0.29, 0.717) is 12.1 Å². The Morgan fingerprint density at radius 2 is 2.06 bits per heavy atom. The Balaban J connectivity index is 2.31. The molecule has 0 radical (unpaired) electrons. The third kappa shape index (κ3) is 2.20. The second-order valence-electron chi connectivity index (χ2n) is 3.30. The number of carbonyl (C=O) groups is 1. The largest absolute Gasteiger partial charge is 0.364 e. The summed E-state index contributed by atoms with van der Waals surface area (Å²) in [5.74, 6) is -0.521. The van der Waals surface area contributed by atoms with E-state index in [0.717, 1.165) is 11.1 Å². The topological polar surface area (TPSA) is 81.8 Å². The number of rotatable bonds is 3. The smallest absolute Gasteiger partial charge is 0.267 e. The number of amides is 1. The molecule has 5 heteroatoms. The number of nitrogens with zero attached hydrogens (tertiary/aromatic N) is 3. The van der Waals surface area contributed by atoms with Gasteiger partial charge in [0.1, 0.15) is 12.0 Å². The highest BCUT2D eigenvalue weighted by Gasteiger charge is 2.09. The predicted molar refractivity (Wildman–Crippen MR) is 57.6 cm³/mol. The molecule has 2 rings (SSSR count). The number of hydrogen-bond donors (Lipinski definition) is 1. The van der Waals surface area contributed by atoms with Gasteiger partial charge in [-0.2, -0.15) is 0 Å². The van der Waals surface area contributed by atoms with Crippen LogP contribution in [0.25, 0.3) is 0 Å². The third-order valence-electron chi connectivity index (χ3n) is 2.13. The van der Waals surface area contributed by atoms with E-state index < -0.39 is 5.91 Å². The van der Waals surface area contributed by atoms with Crippen molar-refractivity contribution in [3.05, 3.63) is 53.9 Å². The van der Waals surface area contributed by atoms with Crippen LogP contribution in [0.3, 0.4) is 0 Å². The van der Waals surface area contributed by atoms with Gasteiger partial charge in [-0.1, -0.05) is 6.07 Å². The van der Waals surface area contributed by atoms with E-state index in [4.69, 9.17) is 5.73 Å². The summed E-state index contributed by atoms with van der Waals surface area (Å²) in [5, 5.41) is 0. The third-order valence-corrected chi connectivity index (χ3v) is 2.13. The first-order chi connectivity index (χ1) is 7.77. The Hall–Kier alpha value is -2.30. The highest BCUT2D eigenvalue weighted by molar-refractivity contribution is 5.92. The molecule has 0 aromatic carbocycles. The van der Waals surface area contributed by atoms with E-state index >= 15 is 0 Å². The first-order valence-electron chi connectivity index (χ1n) is 4.75. The fraction of sp³-hybridized carbons (Fsp3) is 0.0909. The van der Waals surface area contributed by atoms with Crippen LogP contribution in [0, 0.1) is 0 Å². The van der Waals surface area contributed by atoms with Gasteiger partial charge in [-0.15, -0.1) is 0 Å². The second-order valence-corrected chi connectivity index (χ2v) is 3.30. The van der Waals surface area contributed by atoms with E-state index in [1.165, 1.54) is 6.33 Å². The van der Waals surface area contributed by atoms with Crippen LogP contribution < -0.4 is 5.73 Å². The molecule has 80 valence electrons. The first-order valence-corrected chi connectivity index (χ1v) is 4.75. The van der Waals surface area contributed by atoms with Gasteiger partial charge in [0.05, 0.1) is 0 Å². The molecule has 2 aromatic rings. The number of nitrogens with two attached hydrogens (primary N) is 1. The van der Waals surface area contributed by atoms with Crippen molar-refractivity contribution in [2.45, 2.75) is 6.42 Å². The Morgan fingerprint density at radius 3 is 2.75 bits per heavy atom. The molecule has 1 amide bonds.